The highest BCUT2D eigenvalue weighted by Crippen LogP contribution is 2.25. The van der Waals surface area contributed by atoms with E-state index in [9.17, 15) is 30.0 Å². The summed E-state index contributed by atoms with van der Waals surface area (Å²) in [4.78, 5) is 23.8. The highest BCUT2D eigenvalue weighted by molar-refractivity contribution is 9.18. The average Bonchev–Trinajstić information content (AvgIpc) is 2.51. The van der Waals surface area contributed by atoms with Gasteiger partial charge in [0.05, 0.1) is 6.61 Å². The molecule has 0 spiro atoms. The molecule has 5 N–H and O–H groups in total. The zero-order valence-corrected chi connectivity index (χ0v) is 12.3. The smallest absolute Gasteiger partial charge is 0.240 e. The topological polar surface area (TPSA) is 135 Å². The molecule has 4 atom stereocenters. The standard InChI is InChI=1S/C13H15BrO7/c14-12(20)13(21,11(19)9(17)8(16)6-15)10(18)7-4-2-1-3-5-7/h1-5,8-9,11,15-17,19,21H,6H2/t8-,9+,11+,13-/m1/s1. The number of hydrogen-bond donors (Lipinski definition) is 5. The summed E-state index contributed by atoms with van der Waals surface area (Å²) in [6.45, 7) is -0.926. The van der Waals surface area contributed by atoms with E-state index in [1.54, 1.807) is 6.07 Å². The van der Waals surface area contributed by atoms with Gasteiger partial charge in [0, 0.05) is 5.56 Å². The Labute approximate surface area is 128 Å². The van der Waals surface area contributed by atoms with Crippen LogP contribution in [0, 0.1) is 0 Å². The molecule has 21 heavy (non-hydrogen) atoms. The molecule has 0 unspecified atom stereocenters. The lowest BCUT2D eigenvalue weighted by Crippen LogP contribution is -2.61. The van der Waals surface area contributed by atoms with Crippen molar-refractivity contribution in [1.29, 1.82) is 0 Å². The summed E-state index contributed by atoms with van der Waals surface area (Å²) < 4.78 is -1.28. The maximum absolute atomic E-state index is 12.2. The maximum Gasteiger partial charge on any atom is 0.240 e. The third-order valence-corrected chi connectivity index (χ3v) is 3.62. The molecule has 0 amide bonds. The number of ketones is 1. The first-order valence-electron chi connectivity index (χ1n) is 5.94. The van der Waals surface area contributed by atoms with Crippen molar-refractivity contribution in [2.24, 2.45) is 0 Å². The first-order valence-corrected chi connectivity index (χ1v) is 6.73. The minimum Gasteiger partial charge on any atom is -0.394 e. The second-order valence-electron chi connectivity index (χ2n) is 4.42. The minimum atomic E-state index is -3.00. The quantitative estimate of drug-likeness (QED) is 0.228. The number of halogens is 1. The predicted molar refractivity (Wildman–Crippen MR) is 74.8 cm³/mol. The summed E-state index contributed by atoms with van der Waals surface area (Å²) in [6.07, 6.45) is -6.27. The molecular weight excluding hydrogens is 348 g/mol. The van der Waals surface area contributed by atoms with Crippen molar-refractivity contribution in [2.75, 3.05) is 6.61 Å². The highest BCUT2D eigenvalue weighted by atomic mass is 79.9. The number of hydrogen-bond acceptors (Lipinski definition) is 7. The van der Waals surface area contributed by atoms with E-state index in [0.717, 1.165) is 0 Å². The van der Waals surface area contributed by atoms with Gasteiger partial charge in [-0.15, -0.1) is 0 Å². The van der Waals surface area contributed by atoms with E-state index in [1.165, 1.54) is 24.3 Å². The predicted octanol–water partition coefficient (Wildman–Crippen LogP) is -1.40. The van der Waals surface area contributed by atoms with Crippen molar-refractivity contribution in [3.05, 3.63) is 35.9 Å². The molecule has 1 aromatic rings. The van der Waals surface area contributed by atoms with Crippen molar-refractivity contribution in [2.45, 2.75) is 23.9 Å². The Morgan fingerprint density at radius 3 is 2.10 bits per heavy atom. The molecule has 8 heteroatoms. The van der Waals surface area contributed by atoms with Gasteiger partial charge < -0.3 is 25.5 Å². The van der Waals surface area contributed by atoms with Crippen LogP contribution in [-0.2, 0) is 4.79 Å². The summed E-state index contributed by atoms with van der Waals surface area (Å²) in [6, 6.07) is 7.19. The molecule has 116 valence electrons. The van der Waals surface area contributed by atoms with Gasteiger partial charge in [0.2, 0.25) is 16.1 Å². The first-order chi connectivity index (χ1) is 9.76. The van der Waals surface area contributed by atoms with Crippen molar-refractivity contribution in [3.8, 4) is 0 Å². The Balaban J connectivity index is 3.20. The van der Waals surface area contributed by atoms with E-state index in [4.69, 9.17) is 5.11 Å². The van der Waals surface area contributed by atoms with Gasteiger partial charge in [0.25, 0.3) is 0 Å². The van der Waals surface area contributed by atoms with E-state index in [2.05, 4.69) is 15.9 Å². The van der Waals surface area contributed by atoms with Crippen LogP contribution in [-0.4, -0.2) is 66.5 Å². The Kier molecular flexibility index (Phi) is 6.14. The Hall–Kier alpha value is -1.16. The van der Waals surface area contributed by atoms with Gasteiger partial charge in [-0.05, 0) is 15.9 Å². The van der Waals surface area contributed by atoms with Crippen molar-refractivity contribution < 1.29 is 35.1 Å². The fraction of sp³-hybridized carbons (Fsp3) is 0.385. The SMILES string of the molecule is O=C(Br)[C@@](O)(C(=O)c1ccccc1)[C@@H](O)[C@@H](O)[C@H](O)CO. The van der Waals surface area contributed by atoms with E-state index in [-0.39, 0.29) is 5.56 Å². The van der Waals surface area contributed by atoms with Crippen molar-refractivity contribution >= 4 is 26.4 Å². The van der Waals surface area contributed by atoms with Gasteiger partial charge in [0.15, 0.2) is 0 Å². The lowest BCUT2D eigenvalue weighted by molar-refractivity contribution is -0.154. The van der Waals surface area contributed by atoms with Crippen LogP contribution >= 0.6 is 15.9 Å². The fourth-order valence-corrected chi connectivity index (χ4v) is 2.13. The van der Waals surface area contributed by atoms with Crippen LogP contribution in [0.1, 0.15) is 10.4 Å². The monoisotopic (exact) mass is 362 g/mol. The fourth-order valence-electron chi connectivity index (χ4n) is 1.71. The largest absolute Gasteiger partial charge is 0.394 e. The van der Waals surface area contributed by atoms with E-state index in [1.807, 2.05) is 0 Å². The second kappa shape index (κ2) is 7.21. The van der Waals surface area contributed by atoms with E-state index >= 15 is 0 Å². The van der Waals surface area contributed by atoms with E-state index < -0.39 is 41.0 Å². The molecule has 0 radical (unpaired) electrons. The van der Waals surface area contributed by atoms with Crippen molar-refractivity contribution in [3.63, 3.8) is 0 Å². The molecule has 0 bridgehead atoms. The molecule has 0 saturated carbocycles. The number of aliphatic hydroxyl groups excluding tert-OH is 4. The number of carbonyl (C=O) groups excluding carboxylic acids is 2. The summed E-state index contributed by atoms with van der Waals surface area (Å²) in [5.41, 5.74) is -3.07. The van der Waals surface area contributed by atoms with Crippen molar-refractivity contribution in [1.82, 2.24) is 0 Å². The van der Waals surface area contributed by atoms with Gasteiger partial charge in [-0.3, -0.25) is 9.59 Å². The van der Waals surface area contributed by atoms with Gasteiger partial charge >= 0.3 is 0 Å². The molecule has 0 saturated heterocycles. The Morgan fingerprint density at radius 1 is 1.14 bits per heavy atom. The van der Waals surface area contributed by atoms with Gasteiger partial charge in [-0.1, -0.05) is 30.3 Å². The maximum atomic E-state index is 12.2. The zero-order valence-electron chi connectivity index (χ0n) is 10.8. The molecule has 1 aromatic carbocycles. The number of benzene rings is 1. The van der Waals surface area contributed by atoms with Gasteiger partial charge in [-0.2, -0.15) is 0 Å². The molecule has 0 fully saturated rings. The lowest BCUT2D eigenvalue weighted by Gasteiger charge is -2.32. The first kappa shape index (κ1) is 17.9. The molecule has 0 heterocycles. The molecule has 0 aliphatic carbocycles. The van der Waals surface area contributed by atoms with Gasteiger partial charge in [-0.25, -0.2) is 0 Å². The minimum absolute atomic E-state index is 0.0717. The average molecular weight is 363 g/mol. The number of rotatable bonds is 7. The third-order valence-electron chi connectivity index (χ3n) is 3.01. The highest BCUT2D eigenvalue weighted by Gasteiger charge is 2.53. The Bertz CT molecular complexity index is 507. The molecule has 1 rings (SSSR count). The summed E-state index contributed by atoms with van der Waals surface area (Å²) in [5.74, 6) is -1.15. The summed E-state index contributed by atoms with van der Waals surface area (Å²) >= 11 is 2.41. The molecular formula is C13H15BrO7. The summed E-state index contributed by atoms with van der Waals surface area (Å²) in [7, 11) is 0. The molecule has 7 nitrogen and oxygen atoms in total. The van der Waals surface area contributed by atoms with Gasteiger partial charge in [0.1, 0.15) is 18.3 Å². The van der Waals surface area contributed by atoms with E-state index in [0.29, 0.717) is 0 Å². The zero-order chi connectivity index (χ0) is 16.2. The summed E-state index contributed by atoms with van der Waals surface area (Å²) in [5, 5.41) is 47.8. The molecule has 0 aliphatic heterocycles. The molecule has 0 aliphatic rings. The number of carbonyl (C=O) groups is 2. The van der Waals surface area contributed by atoms with Crippen LogP contribution in [0.2, 0.25) is 0 Å². The molecule has 0 aromatic heterocycles. The Morgan fingerprint density at radius 2 is 1.67 bits per heavy atom. The van der Waals surface area contributed by atoms with Crippen LogP contribution in [0.25, 0.3) is 0 Å². The third kappa shape index (κ3) is 3.54. The van der Waals surface area contributed by atoms with Crippen LogP contribution in [0.15, 0.2) is 30.3 Å². The second-order valence-corrected chi connectivity index (χ2v) is 5.14. The van der Waals surface area contributed by atoms with Crippen LogP contribution in [0.4, 0.5) is 0 Å². The number of aliphatic hydroxyl groups is 5. The lowest BCUT2D eigenvalue weighted by atomic mass is 9.84. The number of Topliss-reactive ketones (excluding diaryl/α,β-unsaturated/α-hetero) is 1. The normalized spacial score (nSPS) is 18.4. The van der Waals surface area contributed by atoms with Crippen LogP contribution < -0.4 is 0 Å². The van der Waals surface area contributed by atoms with Crippen LogP contribution in [0.5, 0.6) is 0 Å². The van der Waals surface area contributed by atoms with Crippen LogP contribution in [0.3, 0.4) is 0 Å².